The third-order valence-electron chi connectivity index (χ3n) is 3.22. The molecule has 3 aromatic rings. The fourth-order valence-corrected chi connectivity index (χ4v) is 2.96. The lowest BCUT2D eigenvalue weighted by Gasteiger charge is -2.08. The second-order valence-corrected chi connectivity index (χ2v) is 6.58. The maximum absolute atomic E-state index is 12.4. The quantitative estimate of drug-likeness (QED) is 0.694. The number of hydrogen-bond donors (Lipinski definition) is 1. The van der Waals surface area contributed by atoms with Crippen molar-refractivity contribution in [1.29, 1.82) is 0 Å². The van der Waals surface area contributed by atoms with Crippen LogP contribution in [0.5, 0.6) is 0 Å². The van der Waals surface area contributed by atoms with E-state index in [4.69, 9.17) is 16.0 Å². The van der Waals surface area contributed by atoms with Gasteiger partial charge in [0.15, 0.2) is 5.76 Å². The number of rotatable bonds is 5. The number of carbonyl (C=O) groups excluding carboxylic acids is 1. The van der Waals surface area contributed by atoms with Gasteiger partial charge in [0, 0.05) is 10.6 Å². The number of halogens is 1. The van der Waals surface area contributed by atoms with Gasteiger partial charge < -0.3 is 4.42 Å². The zero-order valence-corrected chi connectivity index (χ0v) is 14.7. The second-order valence-electron chi connectivity index (χ2n) is 4.91. The van der Waals surface area contributed by atoms with Crippen molar-refractivity contribution < 1.29 is 9.21 Å². The minimum absolute atomic E-state index is 0.200. The van der Waals surface area contributed by atoms with Crippen LogP contribution in [0.25, 0.3) is 11.3 Å². The number of aromatic nitrogens is 3. The van der Waals surface area contributed by atoms with Gasteiger partial charge in [-0.15, -0.1) is 10.2 Å². The first kappa shape index (κ1) is 16.6. The van der Waals surface area contributed by atoms with Crippen LogP contribution >= 0.6 is 23.4 Å². The molecule has 0 aliphatic heterocycles. The number of carbonyl (C=O) groups is 1. The molecule has 2 heterocycles. The van der Waals surface area contributed by atoms with Crippen LogP contribution in [0.1, 0.15) is 23.3 Å². The van der Waals surface area contributed by atoms with Gasteiger partial charge in [-0.05, 0) is 36.9 Å². The number of aryl methyl sites for hydroxylation is 1. The Morgan fingerprint density at radius 2 is 2.17 bits per heavy atom. The standard InChI is InChI=1S/C16H15ClN4O2S/c1-3-24-16-19-18-10(2)21(16)20-15(22)14-8-7-13(23-14)11-5-4-6-12(17)9-11/h4-9H,3H2,1-2H3,(H,20,22). The van der Waals surface area contributed by atoms with Crippen LogP contribution in [0.2, 0.25) is 5.02 Å². The van der Waals surface area contributed by atoms with Crippen LogP contribution in [0.15, 0.2) is 46.0 Å². The molecule has 0 fully saturated rings. The van der Waals surface area contributed by atoms with Crippen LogP contribution in [-0.2, 0) is 0 Å². The maximum atomic E-state index is 12.4. The average Bonchev–Trinajstić information content (AvgIpc) is 3.17. The molecule has 0 unspecified atom stereocenters. The monoisotopic (exact) mass is 362 g/mol. The number of nitrogens with zero attached hydrogens (tertiary/aromatic N) is 3. The summed E-state index contributed by atoms with van der Waals surface area (Å²) in [4.78, 5) is 12.4. The van der Waals surface area contributed by atoms with Gasteiger partial charge in [-0.3, -0.25) is 10.2 Å². The van der Waals surface area contributed by atoms with Crippen molar-refractivity contribution >= 4 is 29.3 Å². The van der Waals surface area contributed by atoms with E-state index in [1.54, 1.807) is 35.9 Å². The SMILES string of the molecule is CCSc1nnc(C)n1NC(=O)c1ccc(-c2cccc(Cl)c2)o1. The number of amides is 1. The van der Waals surface area contributed by atoms with Gasteiger partial charge in [0.05, 0.1) is 0 Å². The van der Waals surface area contributed by atoms with Gasteiger partial charge in [0.2, 0.25) is 5.16 Å². The third kappa shape index (κ3) is 3.47. The predicted octanol–water partition coefficient (Wildman–Crippen LogP) is 4.00. The molecule has 6 nitrogen and oxygen atoms in total. The van der Waals surface area contributed by atoms with Gasteiger partial charge in [-0.25, -0.2) is 4.68 Å². The molecule has 0 radical (unpaired) electrons. The molecule has 0 atom stereocenters. The Morgan fingerprint density at radius 1 is 1.33 bits per heavy atom. The molecular weight excluding hydrogens is 348 g/mol. The van der Waals surface area contributed by atoms with Crippen molar-refractivity contribution in [3.8, 4) is 11.3 Å². The third-order valence-corrected chi connectivity index (χ3v) is 4.27. The van der Waals surface area contributed by atoms with Crippen molar-refractivity contribution in [1.82, 2.24) is 14.9 Å². The second kappa shape index (κ2) is 7.11. The van der Waals surface area contributed by atoms with Crippen molar-refractivity contribution in [2.24, 2.45) is 0 Å². The zero-order valence-electron chi connectivity index (χ0n) is 13.1. The summed E-state index contributed by atoms with van der Waals surface area (Å²) in [6, 6.07) is 10.6. The average molecular weight is 363 g/mol. The minimum Gasteiger partial charge on any atom is -0.451 e. The lowest BCUT2D eigenvalue weighted by atomic mass is 10.2. The Kier molecular flexibility index (Phi) is 4.92. The summed E-state index contributed by atoms with van der Waals surface area (Å²) in [6.45, 7) is 3.77. The van der Waals surface area contributed by atoms with Gasteiger partial charge in [0.25, 0.3) is 0 Å². The summed E-state index contributed by atoms with van der Waals surface area (Å²) in [5.41, 5.74) is 3.56. The summed E-state index contributed by atoms with van der Waals surface area (Å²) in [6.07, 6.45) is 0. The Morgan fingerprint density at radius 3 is 2.92 bits per heavy atom. The van der Waals surface area contributed by atoms with E-state index in [-0.39, 0.29) is 11.7 Å². The molecule has 1 aromatic carbocycles. The van der Waals surface area contributed by atoms with Gasteiger partial charge in [-0.2, -0.15) is 0 Å². The van der Waals surface area contributed by atoms with Crippen molar-refractivity contribution in [3.63, 3.8) is 0 Å². The minimum atomic E-state index is -0.371. The molecule has 8 heteroatoms. The molecule has 3 rings (SSSR count). The van der Waals surface area contributed by atoms with E-state index in [1.165, 1.54) is 11.8 Å². The lowest BCUT2D eigenvalue weighted by molar-refractivity contribution is 0.0980. The zero-order chi connectivity index (χ0) is 17.1. The topological polar surface area (TPSA) is 73.0 Å². The molecule has 0 saturated heterocycles. The fourth-order valence-electron chi connectivity index (χ4n) is 2.11. The van der Waals surface area contributed by atoms with Crippen LogP contribution in [0.3, 0.4) is 0 Å². The van der Waals surface area contributed by atoms with Gasteiger partial charge in [0.1, 0.15) is 11.6 Å². The van der Waals surface area contributed by atoms with Crippen LogP contribution in [0.4, 0.5) is 0 Å². The Labute approximate surface area is 148 Å². The molecule has 2 aromatic heterocycles. The molecule has 1 N–H and O–H groups in total. The summed E-state index contributed by atoms with van der Waals surface area (Å²) >= 11 is 7.48. The maximum Gasteiger partial charge on any atom is 0.305 e. The first-order chi connectivity index (χ1) is 11.6. The number of hydrogen-bond acceptors (Lipinski definition) is 5. The fraction of sp³-hybridized carbons (Fsp3) is 0.188. The molecule has 0 aliphatic rings. The Hall–Kier alpha value is -2.25. The van der Waals surface area contributed by atoms with Gasteiger partial charge in [-0.1, -0.05) is 42.4 Å². The van der Waals surface area contributed by atoms with Crippen LogP contribution in [-0.4, -0.2) is 26.5 Å². The molecule has 0 bridgehead atoms. The van der Waals surface area contributed by atoms with E-state index >= 15 is 0 Å². The van der Waals surface area contributed by atoms with Crippen molar-refractivity contribution in [2.75, 3.05) is 11.2 Å². The predicted molar refractivity (Wildman–Crippen MR) is 94.0 cm³/mol. The number of benzene rings is 1. The summed E-state index contributed by atoms with van der Waals surface area (Å²) in [5, 5.41) is 9.24. The van der Waals surface area contributed by atoms with E-state index in [0.29, 0.717) is 21.8 Å². The van der Waals surface area contributed by atoms with E-state index in [9.17, 15) is 4.79 Å². The molecule has 124 valence electrons. The largest absolute Gasteiger partial charge is 0.451 e. The van der Waals surface area contributed by atoms with Crippen LogP contribution < -0.4 is 5.43 Å². The van der Waals surface area contributed by atoms with E-state index < -0.39 is 0 Å². The van der Waals surface area contributed by atoms with Crippen molar-refractivity contribution in [2.45, 2.75) is 19.0 Å². The highest BCUT2D eigenvalue weighted by molar-refractivity contribution is 7.99. The number of thioether (sulfide) groups is 1. The normalized spacial score (nSPS) is 10.8. The van der Waals surface area contributed by atoms with E-state index in [0.717, 1.165) is 11.3 Å². The first-order valence-electron chi connectivity index (χ1n) is 7.30. The molecule has 0 spiro atoms. The molecule has 24 heavy (non-hydrogen) atoms. The summed E-state index contributed by atoms with van der Waals surface area (Å²) in [7, 11) is 0. The highest BCUT2D eigenvalue weighted by Crippen LogP contribution is 2.25. The molecule has 0 saturated carbocycles. The van der Waals surface area contributed by atoms with Crippen LogP contribution in [0, 0.1) is 6.92 Å². The highest BCUT2D eigenvalue weighted by atomic mass is 35.5. The van der Waals surface area contributed by atoms with E-state index in [1.807, 2.05) is 19.1 Å². The number of nitrogens with one attached hydrogen (secondary N) is 1. The number of furan rings is 1. The molecule has 1 amide bonds. The first-order valence-corrected chi connectivity index (χ1v) is 8.66. The lowest BCUT2D eigenvalue weighted by Crippen LogP contribution is -2.24. The highest BCUT2D eigenvalue weighted by Gasteiger charge is 2.16. The molecular formula is C16H15ClN4O2S. The smallest absolute Gasteiger partial charge is 0.305 e. The van der Waals surface area contributed by atoms with E-state index in [2.05, 4.69) is 15.6 Å². The van der Waals surface area contributed by atoms with Gasteiger partial charge >= 0.3 is 5.91 Å². The summed E-state index contributed by atoms with van der Waals surface area (Å²) in [5.74, 6) is 1.83. The summed E-state index contributed by atoms with van der Waals surface area (Å²) < 4.78 is 7.20. The Balaban J connectivity index is 1.81. The molecule has 0 aliphatic carbocycles. The van der Waals surface area contributed by atoms with Crippen molar-refractivity contribution in [3.05, 3.63) is 53.0 Å². The Bertz CT molecular complexity index is 875.